The number of anilines is 1. The normalized spacial score (nSPS) is 15.3. The largest absolute Gasteiger partial charge is 0.321 e. The lowest BCUT2D eigenvalue weighted by Crippen LogP contribution is -2.03. The third kappa shape index (κ3) is 2.47. The molecule has 0 aromatic heterocycles. The second kappa shape index (κ2) is 5.35. The molecule has 0 bridgehead atoms. The number of fused-ring (bicyclic) bond motifs is 1. The van der Waals surface area contributed by atoms with Crippen LogP contribution in [-0.4, -0.2) is 12.2 Å². The molecule has 2 aromatic rings. The van der Waals surface area contributed by atoms with Crippen LogP contribution in [0.5, 0.6) is 0 Å². The molecular weight excluding hydrogens is 290 g/mol. The second-order valence-corrected chi connectivity index (χ2v) is 5.79. The van der Waals surface area contributed by atoms with Crippen molar-refractivity contribution in [1.29, 1.82) is 0 Å². The van der Waals surface area contributed by atoms with Crippen LogP contribution < -0.4 is 5.32 Å². The van der Waals surface area contributed by atoms with Gasteiger partial charge in [-0.25, -0.2) is 0 Å². The number of carbonyl (C=O) groups excluding carboxylic acids is 1. The van der Waals surface area contributed by atoms with Crippen LogP contribution in [0.25, 0.3) is 11.6 Å². The van der Waals surface area contributed by atoms with E-state index >= 15 is 0 Å². The summed E-state index contributed by atoms with van der Waals surface area (Å²) in [6.07, 6.45) is 3.93. The summed E-state index contributed by atoms with van der Waals surface area (Å²) in [4.78, 5) is 13.2. The van der Waals surface area contributed by atoms with Gasteiger partial charge < -0.3 is 5.32 Å². The van der Waals surface area contributed by atoms with E-state index in [9.17, 15) is 4.79 Å². The van der Waals surface area contributed by atoms with Gasteiger partial charge >= 0.3 is 0 Å². The summed E-state index contributed by atoms with van der Waals surface area (Å²) >= 11 is 7.70. The van der Waals surface area contributed by atoms with Gasteiger partial charge in [-0.05, 0) is 48.2 Å². The Morgan fingerprint density at radius 2 is 1.90 bits per heavy atom. The van der Waals surface area contributed by atoms with Gasteiger partial charge in [-0.1, -0.05) is 23.7 Å². The minimum atomic E-state index is -0.0868. The summed E-state index contributed by atoms with van der Waals surface area (Å²) in [6, 6.07) is 13.5. The fourth-order valence-corrected chi connectivity index (χ4v) is 2.75. The monoisotopic (exact) mass is 301 g/mol. The lowest BCUT2D eigenvalue weighted by Gasteiger charge is -2.01. The van der Waals surface area contributed by atoms with E-state index in [4.69, 9.17) is 11.6 Å². The second-order valence-electron chi connectivity index (χ2n) is 4.48. The number of amides is 1. The maximum atomic E-state index is 12.0. The first kappa shape index (κ1) is 13.3. The van der Waals surface area contributed by atoms with Crippen LogP contribution in [-0.2, 0) is 4.79 Å². The van der Waals surface area contributed by atoms with E-state index in [1.807, 2.05) is 48.7 Å². The summed E-state index contributed by atoms with van der Waals surface area (Å²) in [5.74, 6) is -0.0868. The molecule has 4 heteroatoms. The molecule has 0 aliphatic carbocycles. The van der Waals surface area contributed by atoms with Crippen molar-refractivity contribution in [1.82, 2.24) is 0 Å². The predicted octanol–water partition coefficient (Wildman–Crippen LogP) is 4.55. The average molecular weight is 302 g/mol. The van der Waals surface area contributed by atoms with Gasteiger partial charge in [-0.3, -0.25) is 4.79 Å². The summed E-state index contributed by atoms with van der Waals surface area (Å²) < 4.78 is 0. The summed E-state index contributed by atoms with van der Waals surface area (Å²) in [6.45, 7) is 0. The average Bonchev–Trinajstić information content (AvgIpc) is 2.76. The molecule has 0 atom stereocenters. The van der Waals surface area contributed by atoms with Gasteiger partial charge in [-0.15, -0.1) is 11.8 Å². The molecule has 1 N–H and O–H groups in total. The minimum Gasteiger partial charge on any atom is -0.321 e. The van der Waals surface area contributed by atoms with E-state index in [1.165, 1.54) is 4.90 Å². The van der Waals surface area contributed by atoms with Gasteiger partial charge in [0.05, 0.1) is 0 Å². The Labute approximate surface area is 126 Å². The molecule has 0 fully saturated rings. The SMILES string of the molecule is CSc1ccc(/C=C2/C(=O)Nc3ccc(Cl)cc32)cc1. The Bertz CT molecular complexity index is 707. The molecule has 1 amide bonds. The lowest BCUT2D eigenvalue weighted by molar-refractivity contribution is -0.110. The summed E-state index contributed by atoms with van der Waals surface area (Å²) in [5, 5.41) is 3.48. The molecule has 0 saturated heterocycles. The molecule has 0 saturated carbocycles. The predicted molar refractivity (Wildman–Crippen MR) is 86.2 cm³/mol. The molecular formula is C16H12ClNOS. The van der Waals surface area contributed by atoms with Crippen LogP contribution in [0, 0.1) is 0 Å². The number of hydrogen-bond donors (Lipinski definition) is 1. The van der Waals surface area contributed by atoms with Crippen LogP contribution >= 0.6 is 23.4 Å². The van der Waals surface area contributed by atoms with Gasteiger partial charge in [0.2, 0.25) is 0 Å². The Kier molecular flexibility index (Phi) is 3.55. The molecule has 0 spiro atoms. The molecule has 1 aliphatic heterocycles. The van der Waals surface area contributed by atoms with Gasteiger partial charge in [0, 0.05) is 26.7 Å². The highest BCUT2D eigenvalue weighted by atomic mass is 35.5. The molecule has 0 radical (unpaired) electrons. The minimum absolute atomic E-state index is 0.0868. The van der Waals surface area contributed by atoms with Gasteiger partial charge in [0.1, 0.15) is 0 Å². The fourth-order valence-electron chi connectivity index (χ4n) is 2.17. The van der Waals surface area contributed by atoms with Crippen molar-refractivity contribution in [2.75, 3.05) is 11.6 Å². The van der Waals surface area contributed by atoms with Crippen LogP contribution in [0.1, 0.15) is 11.1 Å². The van der Waals surface area contributed by atoms with Crippen molar-refractivity contribution in [3.63, 3.8) is 0 Å². The number of halogens is 1. The van der Waals surface area contributed by atoms with Crippen LogP contribution in [0.15, 0.2) is 47.4 Å². The number of thioether (sulfide) groups is 1. The number of hydrogen-bond acceptors (Lipinski definition) is 2. The van der Waals surface area contributed by atoms with Gasteiger partial charge in [0.15, 0.2) is 0 Å². The van der Waals surface area contributed by atoms with Crippen molar-refractivity contribution in [2.45, 2.75) is 4.90 Å². The molecule has 1 aliphatic rings. The van der Waals surface area contributed by atoms with E-state index in [-0.39, 0.29) is 5.91 Å². The first-order valence-corrected chi connectivity index (χ1v) is 7.74. The standard InChI is InChI=1S/C16H12ClNOS/c1-20-12-5-2-10(3-6-12)8-14-13-9-11(17)4-7-15(13)18-16(14)19/h2-9H,1H3,(H,18,19)/b14-8+. The Balaban J connectivity index is 2.03. The first-order chi connectivity index (χ1) is 9.67. The highest BCUT2D eigenvalue weighted by Crippen LogP contribution is 2.35. The Morgan fingerprint density at radius 1 is 1.15 bits per heavy atom. The summed E-state index contributed by atoms with van der Waals surface area (Å²) in [5.41, 5.74) is 3.32. The zero-order valence-corrected chi connectivity index (χ0v) is 12.4. The zero-order valence-electron chi connectivity index (χ0n) is 10.8. The smallest absolute Gasteiger partial charge is 0.256 e. The zero-order chi connectivity index (χ0) is 14.1. The molecule has 100 valence electrons. The molecule has 2 aromatic carbocycles. The van der Waals surface area contributed by atoms with E-state index < -0.39 is 0 Å². The quantitative estimate of drug-likeness (QED) is 0.651. The van der Waals surface area contributed by atoms with Gasteiger partial charge in [0.25, 0.3) is 5.91 Å². The van der Waals surface area contributed by atoms with E-state index in [0.717, 1.165) is 16.8 Å². The van der Waals surface area contributed by atoms with Crippen molar-refractivity contribution in [3.05, 3.63) is 58.6 Å². The fraction of sp³-hybridized carbons (Fsp3) is 0.0625. The lowest BCUT2D eigenvalue weighted by atomic mass is 10.0. The highest BCUT2D eigenvalue weighted by Gasteiger charge is 2.23. The molecule has 2 nitrogen and oxygen atoms in total. The maximum absolute atomic E-state index is 12.0. The highest BCUT2D eigenvalue weighted by molar-refractivity contribution is 7.98. The van der Waals surface area contributed by atoms with Crippen LogP contribution in [0.4, 0.5) is 5.69 Å². The molecule has 1 heterocycles. The van der Waals surface area contributed by atoms with Crippen LogP contribution in [0.2, 0.25) is 5.02 Å². The topological polar surface area (TPSA) is 29.1 Å². The third-order valence-corrected chi connectivity index (χ3v) is 4.17. The van der Waals surface area contributed by atoms with E-state index in [2.05, 4.69) is 5.32 Å². The van der Waals surface area contributed by atoms with Gasteiger partial charge in [-0.2, -0.15) is 0 Å². The van der Waals surface area contributed by atoms with Crippen molar-refractivity contribution >= 4 is 46.6 Å². The number of nitrogens with one attached hydrogen (secondary N) is 1. The Hall–Kier alpha value is -1.71. The van der Waals surface area contributed by atoms with E-state index in [0.29, 0.717) is 10.6 Å². The molecule has 0 unspecified atom stereocenters. The van der Waals surface area contributed by atoms with Crippen molar-refractivity contribution in [2.24, 2.45) is 0 Å². The number of carbonyl (C=O) groups is 1. The molecule has 20 heavy (non-hydrogen) atoms. The van der Waals surface area contributed by atoms with Crippen molar-refractivity contribution < 1.29 is 4.79 Å². The third-order valence-electron chi connectivity index (χ3n) is 3.19. The van der Waals surface area contributed by atoms with Crippen LogP contribution in [0.3, 0.4) is 0 Å². The maximum Gasteiger partial charge on any atom is 0.256 e. The number of rotatable bonds is 2. The first-order valence-electron chi connectivity index (χ1n) is 6.14. The van der Waals surface area contributed by atoms with Crippen molar-refractivity contribution in [3.8, 4) is 0 Å². The summed E-state index contributed by atoms with van der Waals surface area (Å²) in [7, 11) is 0. The number of benzene rings is 2. The van der Waals surface area contributed by atoms with E-state index in [1.54, 1.807) is 17.8 Å². The Morgan fingerprint density at radius 3 is 2.60 bits per heavy atom. The molecule has 3 rings (SSSR count).